The summed E-state index contributed by atoms with van der Waals surface area (Å²) in [7, 11) is 0. The van der Waals surface area contributed by atoms with Crippen LogP contribution in [0.3, 0.4) is 0 Å². The summed E-state index contributed by atoms with van der Waals surface area (Å²) in [5, 5.41) is 0.00708. The van der Waals surface area contributed by atoms with E-state index in [0.717, 1.165) is 0 Å². The standard InChI is InChI=1S/C7H15N3O3S/c1-14-5-3-12-6(8)4(13-10)2-11-7(5,6)9/h4-5H,2-3,8-10H2,1H3/t4?,5-,6+,7+/m0/s1. The Morgan fingerprint density at radius 3 is 2.50 bits per heavy atom. The average Bonchev–Trinajstić information content (AvgIpc) is 2.55. The molecule has 0 aromatic heterocycles. The van der Waals surface area contributed by atoms with Crippen LogP contribution in [0.4, 0.5) is 0 Å². The molecule has 14 heavy (non-hydrogen) atoms. The molecule has 6 N–H and O–H groups in total. The first-order chi connectivity index (χ1) is 6.58. The minimum Gasteiger partial charge on any atom is -0.352 e. The molecule has 0 aliphatic carbocycles. The Balaban J connectivity index is 2.29. The van der Waals surface area contributed by atoms with Crippen LogP contribution in [0.1, 0.15) is 0 Å². The molecule has 2 fully saturated rings. The molecule has 2 aliphatic heterocycles. The van der Waals surface area contributed by atoms with Crippen molar-refractivity contribution in [2.75, 3.05) is 19.5 Å². The number of thioether (sulfide) groups is 1. The molecule has 0 aromatic carbocycles. The minimum atomic E-state index is -1.13. The number of hydrogen-bond acceptors (Lipinski definition) is 7. The molecule has 6 nitrogen and oxygen atoms in total. The topological polar surface area (TPSA) is 106 Å². The molecule has 0 aromatic rings. The van der Waals surface area contributed by atoms with Crippen molar-refractivity contribution in [3.63, 3.8) is 0 Å². The van der Waals surface area contributed by atoms with Crippen LogP contribution in [-0.4, -0.2) is 42.3 Å². The van der Waals surface area contributed by atoms with Gasteiger partial charge in [0.05, 0.1) is 18.5 Å². The fourth-order valence-electron chi connectivity index (χ4n) is 1.97. The first kappa shape index (κ1) is 10.6. The molecule has 0 saturated carbocycles. The molecule has 2 saturated heterocycles. The van der Waals surface area contributed by atoms with Gasteiger partial charge in [0.25, 0.3) is 0 Å². The van der Waals surface area contributed by atoms with E-state index in [1.807, 2.05) is 6.26 Å². The van der Waals surface area contributed by atoms with E-state index in [1.165, 1.54) is 0 Å². The monoisotopic (exact) mass is 221 g/mol. The number of hydrogen-bond donors (Lipinski definition) is 3. The normalized spacial score (nSPS) is 52.3. The third kappa shape index (κ3) is 1.09. The van der Waals surface area contributed by atoms with Gasteiger partial charge in [-0.1, -0.05) is 0 Å². The van der Waals surface area contributed by atoms with Gasteiger partial charge in [0.1, 0.15) is 6.10 Å². The van der Waals surface area contributed by atoms with E-state index in [-0.39, 0.29) is 11.9 Å². The lowest BCUT2D eigenvalue weighted by molar-refractivity contribution is -0.125. The molecule has 0 radical (unpaired) electrons. The molecule has 0 amide bonds. The summed E-state index contributed by atoms with van der Waals surface area (Å²) >= 11 is 1.57. The summed E-state index contributed by atoms with van der Waals surface area (Å²) in [5.41, 5.74) is 9.99. The van der Waals surface area contributed by atoms with Crippen molar-refractivity contribution in [3.05, 3.63) is 0 Å². The summed E-state index contributed by atoms with van der Waals surface area (Å²) in [6.45, 7) is 0.717. The van der Waals surface area contributed by atoms with Crippen LogP contribution in [0.5, 0.6) is 0 Å². The molecule has 0 bridgehead atoms. The lowest BCUT2D eigenvalue weighted by Crippen LogP contribution is -2.68. The predicted octanol–water partition coefficient (Wildman–Crippen LogP) is -1.65. The van der Waals surface area contributed by atoms with Crippen LogP contribution < -0.4 is 17.4 Å². The van der Waals surface area contributed by atoms with Crippen LogP contribution >= 0.6 is 11.8 Å². The number of fused-ring (bicyclic) bond motifs is 1. The SMILES string of the molecule is CS[C@H]1CO[C@]2(N)C(ON)CO[C@]12N. The Hall–Kier alpha value is 0.110. The first-order valence-electron chi connectivity index (χ1n) is 4.32. The van der Waals surface area contributed by atoms with E-state index in [1.54, 1.807) is 11.8 Å². The fraction of sp³-hybridized carbons (Fsp3) is 1.00. The molecule has 1 unspecified atom stereocenters. The maximum absolute atomic E-state index is 6.09. The van der Waals surface area contributed by atoms with Crippen LogP contribution in [0.2, 0.25) is 0 Å². The highest BCUT2D eigenvalue weighted by Crippen LogP contribution is 2.44. The maximum Gasteiger partial charge on any atom is 0.191 e. The van der Waals surface area contributed by atoms with Crippen LogP contribution in [0, 0.1) is 0 Å². The molecule has 2 heterocycles. The van der Waals surface area contributed by atoms with Gasteiger partial charge < -0.3 is 9.47 Å². The molecule has 2 aliphatic rings. The Morgan fingerprint density at radius 2 is 1.93 bits per heavy atom. The molecule has 4 atom stereocenters. The molecule has 82 valence electrons. The van der Waals surface area contributed by atoms with Gasteiger partial charge >= 0.3 is 0 Å². The second-order valence-corrected chi connectivity index (χ2v) is 4.60. The zero-order chi connectivity index (χ0) is 10.4. The van der Waals surface area contributed by atoms with Crippen molar-refractivity contribution in [2.24, 2.45) is 17.4 Å². The Bertz CT molecular complexity index is 220. The lowest BCUT2D eigenvalue weighted by Gasteiger charge is -2.34. The molecular formula is C7H15N3O3S. The molecule has 2 rings (SSSR count). The minimum absolute atomic E-state index is 0.00708. The van der Waals surface area contributed by atoms with Gasteiger partial charge in [-0.2, -0.15) is 11.8 Å². The maximum atomic E-state index is 6.09. The average molecular weight is 221 g/mol. The van der Waals surface area contributed by atoms with Crippen molar-refractivity contribution in [2.45, 2.75) is 22.8 Å². The van der Waals surface area contributed by atoms with Crippen molar-refractivity contribution < 1.29 is 14.3 Å². The summed E-state index contributed by atoms with van der Waals surface area (Å²) in [4.78, 5) is 4.72. The summed E-state index contributed by atoms with van der Waals surface area (Å²) in [6, 6.07) is 0. The third-order valence-corrected chi connectivity index (χ3v) is 4.02. The lowest BCUT2D eigenvalue weighted by atomic mass is 9.98. The number of nitrogens with two attached hydrogens (primary N) is 3. The second kappa shape index (κ2) is 3.31. The summed E-state index contributed by atoms with van der Waals surface area (Å²) in [5.74, 6) is 5.12. The first-order valence-corrected chi connectivity index (χ1v) is 5.61. The highest BCUT2D eigenvalue weighted by Gasteiger charge is 2.67. The van der Waals surface area contributed by atoms with E-state index in [4.69, 9.17) is 31.7 Å². The zero-order valence-electron chi connectivity index (χ0n) is 7.93. The van der Waals surface area contributed by atoms with E-state index < -0.39 is 17.6 Å². The van der Waals surface area contributed by atoms with E-state index in [9.17, 15) is 0 Å². The van der Waals surface area contributed by atoms with Crippen molar-refractivity contribution in [1.29, 1.82) is 0 Å². The van der Waals surface area contributed by atoms with Gasteiger partial charge in [-0.3, -0.25) is 16.3 Å². The highest BCUT2D eigenvalue weighted by atomic mass is 32.2. The van der Waals surface area contributed by atoms with Crippen LogP contribution in [-0.2, 0) is 14.3 Å². The zero-order valence-corrected chi connectivity index (χ0v) is 8.75. The quantitative estimate of drug-likeness (QED) is 0.479. The van der Waals surface area contributed by atoms with Crippen molar-refractivity contribution in [3.8, 4) is 0 Å². The van der Waals surface area contributed by atoms with Gasteiger partial charge in [-0.05, 0) is 6.26 Å². The smallest absolute Gasteiger partial charge is 0.191 e. The van der Waals surface area contributed by atoms with Gasteiger partial charge in [0.2, 0.25) is 0 Å². The molecule has 7 heteroatoms. The Kier molecular flexibility index (Phi) is 2.51. The van der Waals surface area contributed by atoms with Gasteiger partial charge in [-0.25, -0.2) is 5.90 Å². The summed E-state index contributed by atoms with van der Waals surface area (Å²) < 4.78 is 11.0. The Morgan fingerprint density at radius 1 is 1.29 bits per heavy atom. The Labute approximate surface area is 86.4 Å². The van der Waals surface area contributed by atoms with Gasteiger partial charge in [-0.15, -0.1) is 0 Å². The summed E-state index contributed by atoms with van der Waals surface area (Å²) in [6.07, 6.45) is 1.43. The number of rotatable bonds is 2. The largest absolute Gasteiger partial charge is 0.352 e. The van der Waals surface area contributed by atoms with E-state index in [2.05, 4.69) is 0 Å². The van der Waals surface area contributed by atoms with E-state index in [0.29, 0.717) is 6.61 Å². The van der Waals surface area contributed by atoms with Crippen LogP contribution in [0.15, 0.2) is 0 Å². The van der Waals surface area contributed by atoms with Gasteiger partial charge in [0.15, 0.2) is 11.4 Å². The van der Waals surface area contributed by atoms with E-state index >= 15 is 0 Å². The van der Waals surface area contributed by atoms with Gasteiger partial charge in [0, 0.05) is 0 Å². The highest BCUT2D eigenvalue weighted by molar-refractivity contribution is 7.99. The number of ether oxygens (including phenoxy) is 2. The third-order valence-electron chi connectivity index (χ3n) is 2.96. The second-order valence-electron chi connectivity index (χ2n) is 3.56. The fourth-order valence-corrected chi connectivity index (χ4v) is 2.78. The van der Waals surface area contributed by atoms with Crippen LogP contribution in [0.25, 0.3) is 0 Å². The molecular weight excluding hydrogens is 206 g/mol. The predicted molar refractivity (Wildman–Crippen MR) is 52.1 cm³/mol. The molecule has 0 spiro atoms. The van der Waals surface area contributed by atoms with Crippen molar-refractivity contribution in [1.82, 2.24) is 0 Å². The van der Waals surface area contributed by atoms with Crippen molar-refractivity contribution >= 4 is 11.8 Å².